The second-order valence-electron chi connectivity index (χ2n) is 4.41. The summed E-state index contributed by atoms with van der Waals surface area (Å²) < 4.78 is 10.6. The number of fused-ring (bicyclic) bond motifs is 1. The minimum Gasteiger partial charge on any atom is -0.454 e. The van der Waals surface area contributed by atoms with Gasteiger partial charge in [-0.2, -0.15) is 5.10 Å². The van der Waals surface area contributed by atoms with Crippen molar-refractivity contribution >= 4 is 28.5 Å². The van der Waals surface area contributed by atoms with E-state index >= 15 is 0 Å². The molecule has 1 unspecified atom stereocenters. The van der Waals surface area contributed by atoms with Crippen molar-refractivity contribution in [3.63, 3.8) is 0 Å². The van der Waals surface area contributed by atoms with Gasteiger partial charge in [-0.15, -0.1) is 5.10 Å². The normalized spacial score (nSPS) is 23.3. The molecular formula is C13H13N3O3S. The van der Waals surface area contributed by atoms with Crippen LogP contribution in [0.15, 0.2) is 28.4 Å². The lowest BCUT2D eigenvalue weighted by Crippen LogP contribution is -2.23. The fourth-order valence-electron chi connectivity index (χ4n) is 1.81. The van der Waals surface area contributed by atoms with Crippen molar-refractivity contribution in [3.05, 3.63) is 23.8 Å². The van der Waals surface area contributed by atoms with Gasteiger partial charge in [-0.1, -0.05) is 11.8 Å². The number of amidine groups is 1. The van der Waals surface area contributed by atoms with E-state index in [4.69, 9.17) is 9.47 Å². The predicted octanol–water partition coefficient (Wildman–Crippen LogP) is 1.75. The lowest BCUT2D eigenvalue weighted by atomic mass is 10.1. The third-order valence-electron chi connectivity index (χ3n) is 2.97. The summed E-state index contributed by atoms with van der Waals surface area (Å²) in [5.41, 5.74) is 1.64. The summed E-state index contributed by atoms with van der Waals surface area (Å²) in [6.45, 7) is 3.93. The number of rotatable bonds is 2. The molecule has 3 rings (SSSR count). The molecule has 2 aliphatic heterocycles. The summed E-state index contributed by atoms with van der Waals surface area (Å²) in [5, 5.41) is 11.3. The molecule has 2 heterocycles. The molecule has 2 aliphatic rings. The van der Waals surface area contributed by atoms with Crippen LogP contribution in [-0.4, -0.2) is 28.8 Å². The van der Waals surface area contributed by atoms with E-state index in [2.05, 4.69) is 15.5 Å². The Morgan fingerprint density at radius 1 is 1.40 bits per heavy atom. The number of nitrogens with one attached hydrogen (secondary N) is 1. The van der Waals surface area contributed by atoms with Crippen LogP contribution in [0.3, 0.4) is 0 Å². The molecule has 7 heteroatoms. The number of ether oxygens (including phenoxy) is 2. The Kier molecular flexibility index (Phi) is 3.35. The molecule has 0 bridgehead atoms. The Morgan fingerprint density at radius 3 is 2.95 bits per heavy atom. The van der Waals surface area contributed by atoms with Gasteiger partial charge >= 0.3 is 0 Å². The Balaban J connectivity index is 1.79. The highest BCUT2D eigenvalue weighted by Gasteiger charge is 2.25. The van der Waals surface area contributed by atoms with E-state index in [1.165, 1.54) is 11.8 Å². The molecule has 6 nitrogen and oxygen atoms in total. The molecule has 104 valence electrons. The second kappa shape index (κ2) is 5.16. The maximum absolute atomic E-state index is 11.3. The first-order valence-corrected chi connectivity index (χ1v) is 7.01. The molecule has 0 radical (unpaired) electrons. The van der Waals surface area contributed by atoms with Crippen LogP contribution in [0.1, 0.15) is 19.4 Å². The number of benzene rings is 1. The Hall–Kier alpha value is -2.02. The number of hydrogen-bond acceptors (Lipinski definition) is 6. The first kappa shape index (κ1) is 13.0. The van der Waals surface area contributed by atoms with Gasteiger partial charge in [0.2, 0.25) is 12.7 Å². The molecule has 1 saturated heterocycles. The summed E-state index contributed by atoms with van der Waals surface area (Å²) >= 11 is 1.37. The average Bonchev–Trinajstić information content (AvgIpc) is 3.02. The smallest absolute Gasteiger partial charge is 0.239 e. The maximum atomic E-state index is 11.3. The van der Waals surface area contributed by atoms with E-state index in [-0.39, 0.29) is 18.0 Å². The number of hydrogen-bond donors (Lipinski definition) is 1. The van der Waals surface area contributed by atoms with Crippen molar-refractivity contribution in [1.82, 2.24) is 5.32 Å². The van der Waals surface area contributed by atoms with Crippen LogP contribution in [0.25, 0.3) is 0 Å². The minimum absolute atomic E-state index is 0.0373. The van der Waals surface area contributed by atoms with Crippen LogP contribution in [-0.2, 0) is 4.79 Å². The second-order valence-corrected chi connectivity index (χ2v) is 5.74. The van der Waals surface area contributed by atoms with Gasteiger partial charge in [0.05, 0.1) is 11.0 Å². The van der Waals surface area contributed by atoms with Gasteiger partial charge in [0.15, 0.2) is 16.7 Å². The molecule has 0 aromatic heterocycles. The highest BCUT2D eigenvalue weighted by atomic mass is 32.2. The summed E-state index contributed by atoms with van der Waals surface area (Å²) in [6, 6.07) is 5.61. The molecule has 1 fully saturated rings. The predicted molar refractivity (Wildman–Crippen MR) is 77.4 cm³/mol. The Bertz CT molecular complexity index is 627. The van der Waals surface area contributed by atoms with Crippen molar-refractivity contribution in [2.75, 3.05) is 6.79 Å². The monoisotopic (exact) mass is 291 g/mol. The Labute approximate surface area is 120 Å². The standard InChI is InChI=1S/C13H13N3O3S/c1-7(15-16-13-14-12(17)8(2)20-13)9-3-4-10-11(5-9)19-6-18-10/h3-5,8H,6H2,1-2H3,(H,14,16,17)/b15-7+. The van der Waals surface area contributed by atoms with Crippen molar-refractivity contribution in [2.24, 2.45) is 10.2 Å². The van der Waals surface area contributed by atoms with Crippen LogP contribution in [0.5, 0.6) is 11.5 Å². The zero-order chi connectivity index (χ0) is 14.1. The van der Waals surface area contributed by atoms with Gasteiger partial charge in [0.1, 0.15) is 0 Å². The van der Waals surface area contributed by atoms with Crippen molar-refractivity contribution < 1.29 is 14.3 Å². The van der Waals surface area contributed by atoms with Gasteiger partial charge in [-0.25, -0.2) is 0 Å². The van der Waals surface area contributed by atoms with Gasteiger partial charge in [0, 0.05) is 5.56 Å². The number of carbonyl (C=O) groups excluding carboxylic acids is 1. The van der Waals surface area contributed by atoms with E-state index in [1.54, 1.807) is 0 Å². The molecule has 0 saturated carbocycles. The van der Waals surface area contributed by atoms with E-state index in [9.17, 15) is 4.79 Å². The molecule has 0 aliphatic carbocycles. The SMILES string of the molecule is C/C(=N\N=C1\NC(=O)C(C)S1)c1ccc2c(c1)OCO2. The number of carbonyl (C=O) groups is 1. The number of amides is 1. The molecule has 1 aromatic carbocycles. The highest BCUT2D eigenvalue weighted by Crippen LogP contribution is 2.32. The zero-order valence-corrected chi connectivity index (χ0v) is 11.9. The molecule has 1 amide bonds. The molecule has 1 atom stereocenters. The summed E-state index contributed by atoms with van der Waals surface area (Å²) in [4.78, 5) is 11.3. The van der Waals surface area contributed by atoms with E-state index in [0.29, 0.717) is 10.9 Å². The summed E-state index contributed by atoms with van der Waals surface area (Å²) in [6.07, 6.45) is 0. The van der Waals surface area contributed by atoms with Crippen LogP contribution in [0.2, 0.25) is 0 Å². The van der Waals surface area contributed by atoms with E-state index in [1.807, 2.05) is 32.0 Å². The number of nitrogens with zero attached hydrogens (tertiary/aromatic N) is 2. The third kappa shape index (κ3) is 2.49. The van der Waals surface area contributed by atoms with Crippen LogP contribution in [0.4, 0.5) is 0 Å². The van der Waals surface area contributed by atoms with Crippen molar-refractivity contribution in [2.45, 2.75) is 19.1 Å². The molecular weight excluding hydrogens is 278 g/mol. The number of thioether (sulfide) groups is 1. The first-order valence-electron chi connectivity index (χ1n) is 6.13. The molecule has 20 heavy (non-hydrogen) atoms. The Morgan fingerprint density at radius 2 is 2.20 bits per heavy atom. The summed E-state index contributed by atoms with van der Waals surface area (Å²) in [5.74, 6) is 1.41. The van der Waals surface area contributed by atoms with Crippen LogP contribution in [0, 0.1) is 0 Å². The lowest BCUT2D eigenvalue weighted by molar-refractivity contribution is -0.118. The highest BCUT2D eigenvalue weighted by molar-refractivity contribution is 8.15. The molecule has 1 aromatic rings. The van der Waals surface area contributed by atoms with Gasteiger partial charge in [0.25, 0.3) is 0 Å². The fourth-order valence-corrected chi connectivity index (χ4v) is 2.55. The quantitative estimate of drug-likeness (QED) is 0.665. The average molecular weight is 291 g/mol. The summed E-state index contributed by atoms with van der Waals surface area (Å²) in [7, 11) is 0. The van der Waals surface area contributed by atoms with Gasteiger partial charge < -0.3 is 14.8 Å². The first-order chi connectivity index (χ1) is 9.63. The van der Waals surface area contributed by atoms with Gasteiger partial charge in [-0.05, 0) is 32.0 Å². The van der Waals surface area contributed by atoms with Crippen LogP contribution < -0.4 is 14.8 Å². The molecule has 0 spiro atoms. The third-order valence-corrected chi connectivity index (χ3v) is 3.94. The minimum atomic E-state index is -0.116. The van der Waals surface area contributed by atoms with Gasteiger partial charge in [-0.3, -0.25) is 4.79 Å². The maximum Gasteiger partial charge on any atom is 0.239 e. The van der Waals surface area contributed by atoms with E-state index < -0.39 is 0 Å². The lowest BCUT2D eigenvalue weighted by Gasteiger charge is -2.01. The van der Waals surface area contributed by atoms with Crippen molar-refractivity contribution in [3.8, 4) is 11.5 Å². The fraction of sp³-hybridized carbons (Fsp3) is 0.308. The molecule has 1 N–H and O–H groups in total. The van der Waals surface area contributed by atoms with Crippen molar-refractivity contribution in [1.29, 1.82) is 0 Å². The topological polar surface area (TPSA) is 72.3 Å². The van der Waals surface area contributed by atoms with Crippen LogP contribution >= 0.6 is 11.8 Å². The largest absolute Gasteiger partial charge is 0.454 e. The zero-order valence-electron chi connectivity index (χ0n) is 11.0. The van der Waals surface area contributed by atoms with E-state index in [0.717, 1.165) is 17.0 Å².